The van der Waals surface area contributed by atoms with Crippen molar-refractivity contribution in [2.75, 3.05) is 13.2 Å². The molecule has 0 fully saturated rings. The summed E-state index contributed by atoms with van der Waals surface area (Å²) in [5.74, 6) is -0.0598. The summed E-state index contributed by atoms with van der Waals surface area (Å²) in [4.78, 5) is 24.5. The molecule has 0 radical (unpaired) electrons. The van der Waals surface area contributed by atoms with Gasteiger partial charge in [0.25, 0.3) is 0 Å². The van der Waals surface area contributed by atoms with Crippen LogP contribution in [-0.4, -0.2) is 47.4 Å². The Morgan fingerprint density at radius 1 is 0.384 bits per heavy atom. The van der Waals surface area contributed by atoms with Crippen molar-refractivity contribution in [2.45, 2.75) is 353 Å². The molecule has 428 valence electrons. The lowest BCUT2D eigenvalue weighted by Crippen LogP contribution is -2.45. The highest BCUT2D eigenvalue weighted by molar-refractivity contribution is 5.76. The third-order valence-electron chi connectivity index (χ3n) is 14.8. The van der Waals surface area contributed by atoms with E-state index in [1.165, 1.54) is 263 Å². The Balaban J connectivity index is 3.37. The maximum absolute atomic E-state index is 12.4. The van der Waals surface area contributed by atoms with Crippen molar-refractivity contribution in [1.82, 2.24) is 5.32 Å². The number of hydrogen-bond acceptors (Lipinski definition) is 5. The molecular formula is C67H125NO5. The summed E-state index contributed by atoms with van der Waals surface area (Å²) >= 11 is 0. The van der Waals surface area contributed by atoms with Crippen molar-refractivity contribution in [3.8, 4) is 0 Å². The van der Waals surface area contributed by atoms with Crippen molar-refractivity contribution in [3.63, 3.8) is 0 Å². The van der Waals surface area contributed by atoms with Gasteiger partial charge in [-0.15, -0.1) is 0 Å². The van der Waals surface area contributed by atoms with E-state index in [2.05, 4.69) is 55.6 Å². The fourth-order valence-electron chi connectivity index (χ4n) is 9.84. The monoisotopic (exact) mass is 1020 g/mol. The Labute approximate surface area is 455 Å². The average molecular weight is 1020 g/mol. The van der Waals surface area contributed by atoms with Crippen molar-refractivity contribution in [1.29, 1.82) is 0 Å². The lowest BCUT2D eigenvalue weighted by Gasteiger charge is -2.20. The number of amides is 1. The highest BCUT2D eigenvalue weighted by atomic mass is 16.5. The second kappa shape index (κ2) is 62.4. The van der Waals surface area contributed by atoms with Crippen LogP contribution < -0.4 is 5.32 Å². The largest absolute Gasteiger partial charge is 0.466 e. The number of rotatable bonds is 60. The summed E-state index contributed by atoms with van der Waals surface area (Å²) < 4.78 is 5.50. The fraction of sp³-hybridized carbons (Fsp3) is 0.851. The Morgan fingerprint density at radius 2 is 0.685 bits per heavy atom. The molecular weight excluding hydrogens is 899 g/mol. The van der Waals surface area contributed by atoms with E-state index in [0.29, 0.717) is 19.4 Å². The number of hydrogen-bond donors (Lipinski definition) is 3. The Morgan fingerprint density at radius 3 is 1.08 bits per heavy atom. The summed E-state index contributed by atoms with van der Waals surface area (Å²) in [6.45, 7) is 4.87. The molecule has 0 rings (SSSR count). The van der Waals surface area contributed by atoms with Gasteiger partial charge in [0.2, 0.25) is 5.91 Å². The van der Waals surface area contributed by atoms with Gasteiger partial charge in [0.1, 0.15) is 0 Å². The van der Waals surface area contributed by atoms with Crippen molar-refractivity contribution < 1.29 is 24.5 Å². The molecule has 0 spiro atoms. The second-order valence-corrected chi connectivity index (χ2v) is 22.1. The first kappa shape index (κ1) is 70.8. The highest BCUT2D eigenvalue weighted by Crippen LogP contribution is 2.17. The molecule has 2 atom stereocenters. The number of nitrogens with one attached hydrogen (secondary N) is 1. The van der Waals surface area contributed by atoms with Crippen LogP contribution in [-0.2, 0) is 14.3 Å². The third-order valence-corrected chi connectivity index (χ3v) is 14.8. The fourth-order valence-corrected chi connectivity index (χ4v) is 9.84. The molecule has 73 heavy (non-hydrogen) atoms. The summed E-state index contributed by atoms with van der Waals surface area (Å²) in [7, 11) is 0. The molecule has 6 nitrogen and oxygen atoms in total. The number of unbranched alkanes of at least 4 members (excludes halogenated alkanes) is 43. The zero-order chi connectivity index (χ0) is 52.9. The van der Waals surface area contributed by atoms with E-state index >= 15 is 0 Å². The molecule has 0 heterocycles. The summed E-state index contributed by atoms with van der Waals surface area (Å²) in [5.41, 5.74) is 0. The number of allylic oxidation sites excluding steroid dienone is 7. The quantitative estimate of drug-likeness (QED) is 0.0320. The molecule has 0 aliphatic heterocycles. The van der Waals surface area contributed by atoms with Gasteiger partial charge in [-0.2, -0.15) is 0 Å². The van der Waals surface area contributed by atoms with Gasteiger partial charge in [-0.3, -0.25) is 9.59 Å². The van der Waals surface area contributed by atoms with E-state index in [0.717, 1.165) is 51.4 Å². The van der Waals surface area contributed by atoms with Crippen LogP contribution in [0.25, 0.3) is 0 Å². The predicted octanol–water partition coefficient (Wildman–Crippen LogP) is 20.5. The lowest BCUT2D eigenvalue weighted by atomic mass is 10.0. The van der Waals surface area contributed by atoms with Crippen LogP contribution in [0, 0.1) is 0 Å². The molecule has 1 amide bonds. The van der Waals surface area contributed by atoms with Crippen LogP contribution >= 0.6 is 0 Å². The molecule has 0 aliphatic rings. The first-order valence-electron chi connectivity index (χ1n) is 32.4. The Kier molecular flexibility index (Phi) is 60.5. The summed E-state index contributed by atoms with van der Waals surface area (Å²) in [6, 6.07) is -0.627. The van der Waals surface area contributed by atoms with Gasteiger partial charge in [0, 0.05) is 12.8 Å². The lowest BCUT2D eigenvalue weighted by molar-refractivity contribution is -0.143. The smallest absolute Gasteiger partial charge is 0.305 e. The van der Waals surface area contributed by atoms with E-state index in [1.54, 1.807) is 6.08 Å². The van der Waals surface area contributed by atoms with Crippen LogP contribution in [0.5, 0.6) is 0 Å². The molecule has 0 bridgehead atoms. The molecule has 0 aliphatic carbocycles. The van der Waals surface area contributed by atoms with Gasteiger partial charge in [-0.25, -0.2) is 0 Å². The molecule has 6 heteroatoms. The Hall–Kier alpha value is -2.18. The van der Waals surface area contributed by atoms with Gasteiger partial charge in [-0.1, -0.05) is 287 Å². The molecule has 0 saturated heterocycles. The molecule has 0 aromatic rings. The number of ether oxygens (including phenoxy) is 1. The summed E-state index contributed by atoms with van der Waals surface area (Å²) in [6.07, 6.45) is 80.3. The minimum Gasteiger partial charge on any atom is -0.466 e. The number of carbonyl (C=O) groups excluding carboxylic acids is 2. The average Bonchev–Trinajstić information content (AvgIpc) is 3.39. The third kappa shape index (κ3) is 58.9. The molecule has 2 unspecified atom stereocenters. The number of carbonyl (C=O) groups is 2. The van der Waals surface area contributed by atoms with Crippen LogP contribution in [0.4, 0.5) is 0 Å². The van der Waals surface area contributed by atoms with Crippen LogP contribution in [0.2, 0.25) is 0 Å². The van der Waals surface area contributed by atoms with Crippen LogP contribution in [0.15, 0.2) is 48.6 Å². The van der Waals surface area contributed by atoms with Crippen molar-refractivity contribution in [3.05, 3.63) is 48.6 Å². The zero-order valence-corrected chi connectivity index (χ0v) is 48.9. The second-order valence-electron chi connectivity index (χ2n) is 22.1. The molecule has 0 saturated carbocycles. The first-order chi connectivity index (χ1) is 36.0. The van der Waals surface area contributed by atoms with E-state index in [1.807, 2.05) is 6.08 Å². The molecule has 3 N–H and O–H groups in total. The molecule has 0 aromatic heterocycles. The van der Waals surface area contributed by atoms with E-state index in [-0.39, 0.29) is 18.5 Å². The standard InChI is InChI=1S/C67H125NO5/c1-3-5-7-9-11-13-15-16-17-18-28-32-35-38-41-45-49-53-57-61-67(72)73-62-58-54-50-46-42-39-36-33-30-27-25-23-21-19-20-22-24-26-29-31-34-37-40-44-48-52-56-60-66(71)68-64(63-69)65(70)59-55-51-47-43-14-12-10-8-6-4-2/h11,13,16-17,19-20,55,59,64-65,69-70H,3-10,12,14-15,18,21-54,56-58,60-63H2,1-2H3,(H,68,71)/b13-11-,17-16-,20-19-,59-55+. The van der Waals surface area contributed by atoms with Crippen molar-refractivity contribution >= 4 is 11.9 Å². The van der Waals surface area contributed by atoms with Gasteiger partial charge >= 0.3 is 5.97 Å². The maximum atomic E-state index is 12.4. The normalized spacial score (nSPS) is 12.9. The molecule has 0 aromatic carbocycles. The Bertz CT molecular complexity index is 1230. The number of aliphatic hydroxyl groups is 2. The number of esters is 1. The maximum Gasteiger partial charge on any atom is 0.305 e. The zero-order valence-electron chi connectivity index (χ0n) is 48.9. The van der Waals surface area contributed by atoms with Gasteiger partial charge in [0.15, 0.2) is 0 Å². The number of aliphatic hydroxyl groups excluding tert-OH is 2. The summed E-state index contributed by atoms with van der Waals surface area (Å²) in [5, 5.41) is 23.0. The predicted molar refractivity (Wildman–Crippen MR) is 319 cm³/mol. The SMILES string of the molecule is CCCCC/C=C\C/C=C\CCCCCCCCCCCC(=O)OCCCCCCCCCCCCCC/C=C\CCCCCCCCCCCCCC(=O)NC(CO)C(O)/C=C/CCCCCCCCCC. The van der Waals surface area contributed by atoms with Crippen molar-refractivity contribution in [2.24, 2.45) is 0 Å². The topological polar surface area (TPSA) is 95.9 Å². The minimum atomic E-state index is -0.843. The van der Waals surface area contributed by atoms with Crippen LogP contribution in [0.3, 0.4) is 0 Å². The van der Waals surface area contributed by atoms with Crippen LogP contribution in [0.1, 0.15) is 341 Å². The van der Waals surface area contributed by atoms with Gasteiger partial charge < -0.3 is 20.3 Å². The minimum absolute atomic E-state index is 0.0107. The van der Waals surface area contributed by atoms with Gasteiger partial charge in [-0.05, 0) is 89.9 Å². The van der Waals surface area contributed by atoms with E-state index < -0.39 is 12.1 Å². The van der Waals surface area contributed by atoms with E-state index in [4.69, 9.17) is 4.74 Å². The first-order valence-corrected chi connectivity index (χ1v) is 32.4. The van der Waals surface area contributed by atoms with Gasteiger partial charge in [0.05, 0.1) is 25.4 Å². The van der Waals surface area contributed by atoms with E-state index in [9.17, 15) is 19.8 Å². The highest BCUT2D eigenvalue weighted by Gasteiger charge is 2.18.